The fraction of sp³-hybridized carbons (Fsp3) is 0.462. The van der Waals surface area contributed by atoms with E-state index in [0.717, 1.165) is 31.9 Å². The number of aliphatic carboxylic acids is 1. The largest absolute Gasteiger partial charge is 0.490 e. The smallest absolute Gasteiger partial charge is 0.475 e. The van der Waals surface area contributed by atoms with Gasteiger partial charge in [-0.1, -0.05) is 98.2 Å². The molecule has 0 aliphatic carbocycles. The van der Waals surface area contributed by atoms with Gasteiger partial charge < -0.3 is 16.2 Å². The number of carboxylic acid groups (broad SMARTS) is 1. The first-order valence-corrected chi connectivity index (χ1v) is 14.2. The van der Waals surface area contributed by atoms with Crippen LogP contribution in [0.3, 0.4) is 0 Å². The number of hydrogen-bond acceptors (Lipinski definition) is 3. The first kappa shape index (κ1) is 30.4. The molecule has 0 aliphatic rings. The minimum Gasteiger partial charge on any atom is -0.475 e. The van der Waals surface area contributed by atoms with Gasteiger partial charge in [0.05, 0.1) is 0 Å². The van der Waals surface area contributed by atoms with Crippen LogP contribution in [0.25, 0.3) is 0 Å². The Bertz CT molecular complexity index is 854. The highest BCUT2D eigenvalue weighted by Gasteiger charge is 2.43. The van der Waals surface area contributed by atoms with Gasteiger partial charge in [0, 0.05) is 18.6 Å². The topological polar surface area (TPSA) is 92.4 Å². The molecule has 0 spiro atoms. The lowest BCUT2D eigenvalue weighted by Crippen LogP contribution is -2.69. The first-order chi connectivity index (χ1) is 16.4. The highest BCUT2D eigenvalue weighted by molar-refractivity contribution is 7.03. The van der Waals surface area contributed by atoms with Crippen molar-refractivity contribution in [1.82, 2.24) is 5.32 Å². The average molecular weight is 511 g/mol. The maximum absolute atomic E-state index is 12.5. The van der Waals surface area contributed by atoms with Crippen molar-refractivity contribution in [1.29, 1.82) is 0 Å². The van der Waals surface area contributed by atoms with Crippen LogP contribution in [0.4, 0.5) is 13.2 Å². The average Bonchev–Trinajstić information content (AvgIpc) is 2.80. The summed E-state index contributed by atoms with van der Waals surface area (Å²) in [5.74, 6) is -2.09. The molecule has 0 aliphatic heterocycles. The summed E-state index contributed by atoms with van der Waals surface area (Å²) in [7, 11) is -2.31. The summed E-state index contributed by atoms with van der Waals surface area (Å²) >= 11 is 0. The molecule has 1 atom stereocenters. The Hall–Kier alpha value is -2.65. The van der Waals surface area contributed by atoms with Crippen molar-refractivity contribution < 1.29 is 27.9 Å². The maximum Gasteiger partial charge on any atom is 0.490 e. The van der Waals surface area contributed by atoms with Crippen LogP contribution in [0.2, 0.25) is 6.04 Å². The van der Waals surface area contributed by atoms with E-state index in [0.29, 0.717) is 12.3 Å². The molecule has 0 unspecified atom stereocenters. The molecule has 0 saturated heterocycles. The monoisotopic (exact) mass is 510 g/mol. The van der Waals surface area contributed by atoms with Crippen LogP contribution in [0.15, 0.2) is 60.7 Å². The van der Waals surface area contributed by atoms with E-state index >= 15 is 0 Å². The fourth-order valence-corrected chi connectivity index (χ4v) is 9.26. The van der Waals surface area contributed by atoms with Crippen molar-refractivity contribution in [3.63, 3.8) is 0 Å². The van der Waals surface area contributed by atoms with Crippen molar-refractivity contribution in [2.75, 3.05) is 6.54 Å². The summed E-state index contributed by atoms with van der Waals surface area (Å²) in [4.78, 5) is 21.4. The van der Waals surface area contributed by atoms with Gasteiger partial charge in [-0.15, -0.1) is 0 Å². The second kappa shape index (κ2) is 14.7. The van der Waals surface area contributed by atoms with Crippen LogP contribution < -0.4 is 21.4 Å². The van der Waals surface area contributed by atoms with Gasteiger partial charge in [-0.3, -0.25) is 4.79 Å². The molecule has 0 fully saturated rings. The highest BCUT2D eigenvalue weighted by atomic mass is 28.3. The van der Waals surface area contributed by atoms with E-state index in [2.05, 4.69) is 86.8 Å². The van der Waals surface area contributed by atoms with Crippen LogP contribution in [0, 0.1) is 5.92 Å². The fourth-order valence-electron chi connectivity index (χ4n) is 4.05. The Morgan fingerprint density at radius 3 is 1.83 bits per heavy atom. The lowest BCUT2D eigenvalue weighted by Gasteiger charge is -2.39. The van der Waals surface area contributed by atoms with E-state index in [-0.39, 0.29) is 11.6 Å². The predicted octanol–water partition coefficient (Wildman–Crippen LogP) is 4.10. The summed E-state index contributed by atoms with van der Waals surface area (Å²) in [6.07, 6.45) is -1.47. The van der Waals surface area contributed by atoms with Crippen molar-refractivity contribution in [2.45, 2.75) is 64.3 Å². The summed E-state index contributed by atoms with van der Waals surface area (Å²) in [6, 6.07) is 22.2. The van der Waals surface area contributed by atoms with Gasteiger partial charge in [-0.25, -0.2) is 4.79 Å². The quantitative estimate of drug-likeness (QED) is 0.314. The third-order valence-corrected chi connectivity index (χ3v) is 11.0. The molecule has 5 nitrogen and oxygen atoms in total. The van der Waals surface area contributed by atoms with Gasteiger partial charge >= 0.3 is 12.1 Å². The van der Waals surface area contributed by atoms with E-state index in [1.54, 1.807) is 0 Å². The number of nitrogens with one attached hydrogen (secondary N) is 1. The number of rotatable bonds is 11. The van der Waals surface area contributed by atoms with E-state index < -0.39 is 20.2 Å². The predicted molar refractivity (Wildman–Crippen MR) is 136 cm³/mol. The normalized spacial score (nSPS) is 12.5. The van der Waals surface area contributed by atoms with Crippen LogP contribution >= 0.6 is 0 Å². The summed E-state index contributed by atoms with van der Waals surface area (Å²) in [5.41, 5.74) is 7.03. The van der Waals surface area contributed by atoms with Crippen LogP contribution in [-0.4, -0.2) is 43.4 Å². The van der Waals surface area contributed by atoms with E-state index in [1.165, 1.54) is 10.4 Å². The zero-order valence-electron chi connectivity index (χ0n) is 20.6. The molecule has 0 aromatic heterocycles. The number of amides is 1. The molecule has 9 heteroatoms. The standard InChI is InChI=1S/C24H36N2OSi.C2HF3O2/c1-4-5-17-26-24(27)16-18-28(23(25)19-20(2)3,21-12-8-6-9-13-21)22-14-10-7-11-15-22;3-2(4,5)1(6)7/h6-15,20,23H,4-5,16-19,25H2,1-3H3,(H,26,27);(H,6,7)/t23-;/m1./s1. The summed E-state index contributed by atoms with van der Waals surface area (Å²) in [5, 5.41) is 12.9. The van der Waals surface area contributed by atoms with E-state index in [4.69, 9.17) is 15.6 Å². The molecule has 4 N–H and O–H groups in total. The van der Waals surface area contributed by atoms with Crippen LogP contribution in [0.1, 0.15) is 46.5 Å². The van der Waals surface area contributed by atoms with Crippen LogP contribution in [-0.2, 0) is 9.59 Å². The Balaban J connectivity index is 0.000000762. The molecule has 0 saturated carbocycles. The zero-order valence-corrected chi connectivity index (χ0v) is 21.6. The number of benzene rings is 2. The Morgan fingerprint density at radius 1 is 1.00 bits per heavy atom. The van der Waals surface area contributed by atoms with E-state index in [1.807, 2.05) is 0 Å². The molecule has 2 aromatic carbocycles. The number of carbonyl (C=O) groups is 2. The highest BCUT2D eigenvalue weighted by Crippen LogP contribution is 2.22. The molecule has 2 rings (SSSR count). The Labute approximate surface area is 206 Å². The van der Waals surface area contributed by atoms with Gasteiger partial charge in [0.25, 0.3) is 0 Å². The summed E-state index contributed by atoms with van der Waals surface area (Å²) < 4.78 is 31.7. The maximum atomic E-state index is 12.5. The number of halogens is 3. The molecule has 194 valence electrons. The number of nitrogens with two attached hydrogens (primary N) is 1. The number of carboxylic acids is 1. The molecule has 0 radical (unpaired) electrons. The SMILES string of the molecule is CCCCNC(=O)CC[Si](c1ccccc1)(c1ccccc1)[C@@H](N)CC(C)C.O=C(O)C(F)(F)F. The third-order valence-electron chi connectivity index (χ3n) is 5.78. The Kier molecular flexibility index (Phi) is 12.7. The van der Waals surface area contributed by atoms with Crippen LogP contribution in [0.5, 0.6) is 0 Å². The van der Waals surface area contributed by atoms with Gasteiger partial charge in [0.1, 0.15) is 8.07 Å². The molecule has 0 heterocycles. The Morgan fingerprint density at radius 2 is 1.46 bits per heavy atom. The van der Waals surface area contributed by atoms with Crippen molar-refractivity contribution in [2.24, 2.45) is 11.7 Å². The van der Waals surface area contributed by atoms with Crippen molar-refractivity contribution in [3.8, 4) is 0 Å². The van der Waals surface area contributed by atoms with E-state index in [9.17, 15) is 18.0 Å². The second-order valence-corrected chi connectivity index (χ2v) is 13.3. The van der Waals surface area contributed by atoms with Gasteiger partial charge in [-0.05, 0) is 24.8 Å². The molecular weight excluding hydrogens is 473 g/mol. The molecule has 2 aromatic rings. The van der Waals surface area contributed by atoms with Crippen molar-refractivity contribution in [3.05, 3.63) is 60.7 Å². The number of alkyl halides is 3. The molecule has 0 bridgehead atoms. The zero-order chi connectivity index (χ0) is 26.5. The number of unbranched alkanes of at least 4 members (excludes halogenated alkanes) is 1. The molecule has 35 heavy (non-hydrogen) atoms. The van der Waals surface area contributed by atoms with Gasteiger partial charge in [0.15, 0.2) is 0 Å². The van der Waals surface area contributed by atoms with Crippen molar-refractivity contribution >= 4 is 30.3 Å². The minimum atomic E-state index is -5.08. The lowest BCUT2D eigenvalue weighted by molar-refractivity contribution is -0.192. The summed E-state index contributed by atoms with van der Waals surface area (Å²) in [6.45, 7) is 7.36. The molecular formula is C26H37F3N2O3Si. The third kappa shape index (κ3) is 9.85. The second-order valence-electron chi connectivity index (χ2n) is 8.95. The minimum absolute atomic E-state index is 0.0701. The first-order valence-electron chi connectivity index (χ1n) is 11.9. The lowest BCUT2D eigenvalue weighted by atomic mass is 10.1. The molecule has 1 amide bonds. The number of carbonyl (C=O) groups excluding carboxylic acids is 1. The van der Waals surface area contributed by atoms with Gasteiger partial charge in [0.2, 0.25) is 5.91 Å². The number of hydrogen-bond donors (Lipinski definition) is 3. The van der Waals surface area contributed by atoms with Gasteiger partial charge in [-0.2, -0.15) is 13.2 Å².